The van der Waals surface area contributed by atoms with Crippen LogP contribution in [0.1, 0.15) is 5.82 Å². The maximum Gasteiger partial charge on any atom is 0.168 e. The first-order chi connectivity index (χ1) is 14.3. The highest BCUT2D eigenvalue weighted by Crippen LogP contribution is 2.27. The minimum Gasteiger partial charge on any atom is -0.378 e. The first kappa shape index (κ1) is 17.6. The van der Waals surface area contributed by atoms with Gasteiger partial charge in [0.05, 0.1) is 30.5 Å². The molecule has 146 valence electrons. The van der Waals surface area contributed by atoms with E-state index >= 15 is 0 Å². The lowest BCUT2D eigenvalue weighted by Crippen LogP contribution is -2.36. The van der Waals surface area contributed by atoms with Crippen LogP contribution in [0.15, 0.2) is 60.8 Å². The zero-order valence-corrected chi connectivity index (χ0v) is 16.2. The second-order valence-corrected chi connectivity index (χ2v) is 7.02. The summed E-state index contributed by atoms with van der Waals surface area (Å²) in [4.78, 5) is 11.6. The summed E-state index contributed by atoms with van der Waals surface area (Å²) in [6.45, 7) is 5.32. The number of ether oxygens (including phenoxy) is 1. The Labute approximate surface area is 169 Å². The Morgan fingerprint density at radius 3 is 2.41 bits per heavy atom. The topological polar surface area (TPSA) is 68.1 Å². The van der Waals surface area contributed by atoms with Crippen LogP contribution in [0.2, 0.25) is 0 Å². The Kier molecular flexibility index (Phi) is 4.57. The normalized spacial score (nSPS) is 14.3. The summed E-state index contributed by atoms with van der Waals surface area (Å²) in [5.74, 6) is 1.46. The molecule has 5 rings (SSSR count). The third-order valence-corrected chi connectivity index (χ3v) is 5.05. The molecule has 0 unspecified atom stereocenters. The number of aryl methyl sites for hydroxylation is 1. The van der Waals surface area contributed by atoms with Gasteiger partial charge in [0.2, 0.25) is 0 Å². The van der Waals surface area contributed by atoms with Gasteiger partial charge in [-0.2, -0.15) is 5.10 Å². The van der Waals surface area contributed by atoms with Crippen molar-refractivity contribution in [3.8, 4) is 5.69 Å². The van der Waals surface area contributed by atoms with Crippen LogP contribution >= 0.6 is 0 Å². The van der Waals surface area contributed by atoms with Gasteiger partial charge in [-0.25, -0.2) is 14.6 Å². The van der Waals surface area contributed by atoms with E-state index in [1.54, 1.807) is 0 Å². The van der Waals surface area contributed by atoms with Gasteiger partial charge in [-0.1, -0.05) is 18.2 Å². The Morgan fingerprint density at radius 1 is 0.897 bits per heavy atom. The number of hydrogen-bond donors (Lipinski definition) is 1. The van der Waals surface area contributed by atoms with Gasteiger partial charge < -0.3 is 15.0 Å². The van der Waals surface area contributed by atoms with Crippen molar-refractivity contribution in [1.29, 1.82) is 0 Å². The van der Waals surface area contributed by atoms with Crippen LogP contribution in [0, 0.1) is 6.92 Å². The van der Waals surface area contributed by atoms with Crippen LogP contribution < -0.4 is 10.2 Å². The van der Waals surface area contributed by atoms with E-state index in [9.17, 15) is 0 Å². The molecule has 0 bridgehead atoms. The summed E-state index contributed by atoms with van der Waals surface area (Å²) < 4.78 is 7.28. The molecule has 1 aliphatic heterocycles. The molecule has 2 aromatic carbocycles. The number of hydrogen-bond acceptors (Lipinski definition) is 6. The molecule has 0 spiro atoms. The van der Waals surface area contributed by atoms with E-state index in [2.05, 4.69) is 49.5 Å². The van der Waals surface area contributed by atoms with Crippen molar-refractivity contribution in [1.82, 2.24) is 19.7 Å². The van der Waals surface area contributed by atoms with E-state index in [0.29, 0.717) is 5.82 Å². The number of para-hydroxylation sites is 1. The summed E-state index contributed by atoms with van der Waals surface area (Å²) >= 11 is 0. The molecule has 4 aromatic rings. The van der Waals surface area contributed by atoms with Gasteiger partial charge >= 0.3 is 0 Å². The van der Waals surface area contributed by atoms with Crippen molar-refractivity contribution < 1.29 is 4.74 Å². The fraction of sp³-hybridized carbons (Fsp3) is 0.227. The Bertz CT molecular complexity index is 1120. The highest BCUT2D eigenvalue weighted by Gasteiger charge is 2.14. The molecule has 0 saturated carbocycles. The third kappa shape index (κ3) is 3.52. The molecule has 29 heavy (non-hydrogen) atoms. The van der Waals surface area contributed by atoms with Gasteiger partial charge in [0.1, 0.15) is 11.6 Å². The van der Waals surface area contributed by atoms with E-state index in [-0.39, 0.29) is 0 Å². The van der Waals surface area contributed by atoms with Gasteiger partial charge in [-0.15, -0.1) is 0 Å². The first-order valence-electron chi connectivity index (χ1n) is 9.75. The summed E-state index contributed by atoms with van der Waals surface area (Å²) in [5.41, 5.74) is 3.95. The molecule has 1 N–H and O–H groups in total. The highest BCUT2D eigenvalue weighted by molar-refractivity contribution is 5.89. The van der Waals surface area contributed by atoms with Crippen LogP contribution in [0.5, 0.6) is 0 Å². The van der Waals surface area contributed by atoms with Crippen molar-refractivity contribution in [2.75, 3.05) is 36.5 Å². The Balaban J connectivity index is 1.45. The van der Waals surface area contributed by atoms with Gasteiger partial charge in [0.25, 0.3) is 0 Å². The second-order valence-electron chi connectivity index (χ2n) is 7.02. The van der Waals surface area contributed by atoms with Crippen molar-refractivity contribution in [2.24, 2.45) is 0 Å². The number of morpholine rings is 1. The number of nitrogens with zero attached hydrogens (tertiary/aromatic N) is 5. The maximum atomic E-state index is 5.43. The lowest BCUT2D eigenvalue weighted by Gasteiger charge is -2.28. The van der Waals surface area contributed by atoms with Crippen molar-refractivity contribution in [3.63, 3.8) is 0 Å². The quantitative estimate of drug-likeness (QED) is 0.577. The molecular formula is C22H22N6O. The summed E-state index contributed by atoms with van der Waals surface area (Å²) in [7, 11) is 0. The lowest BCUT2D eigenvalue weighted by atomic mass is 10.2. The molecule has 1 fully saturated rings. The van der Waals surface area contributed by atoms with E-state index in [0.717, 1.165) is 54.5 Å². The van der Waals surface area contributed by atoms with Gasteiger partial charge in [0.15, 0.2) is 5.65 Å². The second kappa shape index (κ2) is 7.52. The summed E-state index contributed by atoms with van der Waals surface area (Å²) in [6.07, 6.45) is 1.81. The molecule has 0 aliphatic carbocycles. The van der Waals surface area contributed by atoms with E-state index in [4.69, 9.17) is 4.74 Å². The summed E-state index contributed by atoms with van der Waals surface area (Å²) in [6, 6.07) is 18.4. The number of nitrogens with one attached hydrogen (secondary N) is 1. The van der Waals surface area contributed by atoms with Crippen molar-refractivity contribution >= 4 is 28.2 Å². The fourth-order valence-electron chi connectivity index (χ4n) is 3.58. The van der Waals surface area contributed by atoms with Crippen LogP contribution in [0.25, 0.3) is 16.7 Å². The van der Waals surface area contributed by atoms with E-state index in [1.807, 2.05) is 48.1 Å². The standard InChI is InChI=1S/C22H22N6O/c1-16-24-21(20-15-23-28(22(20)25-16)19-5-3-2-4-6-19)26-17-7-9-18(10-8-17)27-11-13-29-14-12-27/h2-10,15H,11-14H2,1H3,(H,24,25,26). The largest absolute Gasteiger partial charge is 0.378 e. The van der Waals surface area contributed by atoms with Crippen LogP contribution in [-0.4, -0.2) is 46.1 Å². The van der Waals surface area contributed by atoms with Crippen molar-refractivity contribution in [3.05, 3.63) is 66.6 Å². The lowest BCUT2D eigenvalue weighted by molar-refractivity contribution is 0.122. The smallest absolute Gasteiger partial charge is 0.168 e. The number of fused-ring (bicyclic) bond motifs is 1. The predicted molar refractivity (Wildman–Crippen MR) is 114 cm³/mol. The van der Waals surface area contributed by atoms with Crippen LogP contribution in [0.4, 0.5) is 17.2 Å². The fourth-order valence-corrected chi connectivity index (χ4v) is 3.58. The highest BCUT2D eigenvalue weighted by atomic mass is 16.5. The molecule has 0 radical (unpaired) electrons. The molecular weight excluding hydrogens is 364 g/mol. The van der Waals surface area contributed by atoms with E-state index in [1.165, 1.54) is 5.69 Å². The van der Waals surface area contributed by atoms with Crippen molar-refractivity contribution in [2.45, 2.75) is 6.92 Å². The van der Waals surface area contributed by atoms with E-state index < -0.39 is 0 Å². The first-order valence-corrected chi connectivity index (χ1v) is 9.75. The Morgan fingerprint density at radius 2 is 1.66 bits per heavy atom. The SMILES string of the molecule is Cc1nc(Nc2ccc(N3CCOCC3)cc2)c2cnn(-c3ccccc3)c2n1. The zero-order chi connectivity index (χ0) is 19.6. The minimum atomic E-state index is 0.697. The third-order valence-electron chi connectivity index (χ3n) is 5.05. The molecule has 3 heterocycles. The average molecular weight is 386 g/mol. The molecule has 1 saturated heterocycles. The Hall–Kier alpha value is -3.45. The number of rotatable bonds is 4. The molecule has 7 heteroatoms. The average Bonchev–Trinajstić information content (AvgIpc) is 3.19. The molecule has 7 nitrogen and oxygen atoms in total. The van der Waals surface area contributed by atoms with Gasteiger partial charge in [-0.05, 0) is 43.3 Å². The number of aromatic nitrogens is 4. The molecule has 0 amide bonds. The molecule has 0 atom stereocenters. The predicted octanol–water partition coefficient (Wildman–Crippen LogP) is 3.70. The number of benzene rings is 2. The summed E-state index contributed by atoms with van der Waals surface area (Å²) in [5, 5.41) is 8.86. The van der Waals surface area contributed by atoms with Crippen LogP contribution in [-0.2, 0) is 4.74 Å². The minimum absolute atomic E-state index is 0.697. The van der Waals surface area contributed by atoms with Gasteiger partial charge in [0, 0.05) is 24.5 Å². The molecule has 2 aromatic heterocycles. The van der Waals surface area contributed by atoms with Crippen LogP contribution in [0.3, 0.4) is 0 Å². The van der Waals surface area contributed by atoms with Gasteiger partial charge in [-0.3, -0.25) is 0 Å². The monoisotopic (exact) mass is 386 g/mol. The number of anilines is 3. The molecule has 1 aliphatic rings. The maximum absolute atomic E-state index is 5.43. The zero-order valence-electron chi connectivity index (χ0n) is 16.2.